The molecule has 0 radical (unpaired) electrons. The summed E-state index contributed by atoms with van der Waals surface area (Å²) in [5, 5.41) is 15.2. The number of aryl methyl sites for hydroxylation is 2. The van der Waals surface area contributed by atoms with Crippen LogP contribution in [-0.4, -0.2) is 26.7 Å². The number of nitro benzene ring substituents is 1. The van der Waals surface area contributed by atoms with Crippen molar-refractivity contribution in [3.63, 3.8) is 0 Å². The molecule has 0 bridgehead atoms. The van der Waals surface area contributed by atoms with Gasteiger partial charge in [0.15, 0.2) is 5.69 Å². The summed E-state index contributed by atoms with van der Waals surface area (Å²) < 4.78 is 1.54. The average Bonchev–Trinajstić information content (AvgIpc) is 3.14. The standard InChI is InChI=1S/C21H22N4O3/c1-14(2)24(20-13-15(3)5-6-16(20)4)21(26)19-11-12-23(22-19)17-7-9-18(10-8-17)25(27)28/h5-14H,1-4H3. The van der Waals surface area contributed by atoms with E-state index in [2.05, 4.69) is 5.10 Å². The van der Waals surface area contributed by atoms with E-state index in [0.717, 1.165) is 16.8 Å². The van der Waals surface area contributed by atoms with Crippen LogP contribution < -0.4 is 4.90 Å². The lowest BCUT2D eigenvalue weighted by molar-refractivity contribution is -0.384. The molecule has 0 spiro atoms. The normalized spacial score (nSPS) is 10.9. The Morgan fingerprint density at radius 3 is 2.39 bits per heavy atom. The molecule has 28 heavy (non-hydrogen) atoms. The first-order chi connectivity index (χ1) is 13.3. The van der Waals surface area contributed by atoms with Crippen LogP contribution in [0.15, 0.2) is 54.7 Å². The van der Waals surface area contributed by atoms with Crippen LogP contribution in [-0.2, 0) is 0 Å². The first kappa shape index (κ1) is 19.3. The van der Waals surface area contributed by atoms with E-state index in [0.29, 0.717) is 11.4 Å². The highest BCUT2D eigenvalue weighted by atomic mass is 16.6. The molecule has 0 fully saturated rings. The van der Waals surface area contributed by atoms with E-state index >= 15 is 0 Å². The maximum absolute atomic E-state index is 13.2. The number of amides is 1. The summed E-state index contributed by atoms with van der Waals surface area (Å²) in [4.78, 5) is 25.3. The third-order valence-electron chi connectivity index (χ3n) is 4.49. The highest BCUT2D eigenvalue weighted by Crippen LogP contribution is 2.25. The third-order valence-corrected chi connectivity index (χ3v) is 4.49. The van der Waals surface area contributed by atoms with E-state index in [9.17, 15) is 14.9 Å². The molecule has 2 aromatic carbocycles. The van der Waals surface area contributed by atoms with E-state index in [-0.39, 0.29) is 17.6 Å². The fourth-order valence-corrected chi connectivity index (χ4v) is 3.03. The Labute approximate surface area is 163 Å². The fourth-order valence-electron chi connectivity index (χ4n) is 3.03. The summed E-state index contributed by atoms with van der Waals surface area (Å²) in [7, 11) is 0. The number of non-ortho nitro benzene ring substituents is 1. The minimum absolute atomic E-state index is 0.00751. The van der Waals surface area contributed by atoms with Crippen molar-refractivity contribution in [2.75, 3.05) is 4.90 Å². The SMILES string of the molecule is Cc1ccc(C)c(N(C(=O)c2ccn(-c3ccc([N+](=O)[O-])cc3)n2)C(C)C)c1. The molecule has 3 rings (SSSR count). The summed E-state index contributed by atoms with van der Waals surface area (Å²) in [6.07, 6.45) is 1.68. The molecule has 144 valence electrons. The first-order valence-corrected chi connectivity index (χ1v) is 8.99. The number of nitro groups is 1. The van der Waals surface area contributed by atoms with Gasteiger partial charge in [-0.2, -0.15) is 5.10 Å². The number of benzene rings is 2. The molecule has 0 saturated carbocycles. The number of aromatic nitrogens is 2. The van der Waals surface area contributed by atoms with Crippen molar-refractivity contribution in [1.82, 2.24) is 9.78 Å². The summed E-state index contributed by atoms with van der Waals surface area (Å²) in [5.41, 5.74) is 3.93. The highest BCUT2D eigenvalue weighted by Gasteiger charge is 2.24. The van der Waals surface area contributed by atoms with Gasteiger partial charge in [0, 0.05) is 30.1 Å². The quantitative estimate of drug-likeness (QED) is 0.485. The lowest BCUT2D eigenvalue weighted by Gasteiger charge is -2.28. The van der Waals surface area contributed by atoms with Crippen LogP contribution in [0.5, 0.6) is 0 Å². The van der Waals surface area contributed by atoms with Gasteiger partial charge >= 0.3 is 0 Å². The second-order valence-electron chi connectivity index (χ2n) is 6.98. The smallest absolute Gasteiger partial charge is 0.279 e. The number of hydrogen-bond acceptors (Lipinski definition) is 4. The fraction of sp³-hybridized carbons (Fsp3) is 0.238. The van der Waals surface area contributed by atoms with E-state index in [1.54, 1.807) is 34.0 Å². The van der Waals surface area contributed by atoms with Gasteiger partial charge in [-0.05, 0) is 63.1 Å². The third kappa shape index (κ3) is 3.78. The maximum atomic E-state index is 13.2. The van der Waals surface area contributed by atoms with E-state index in [1.165, 1.54) is 12.1 Å². The molecule has 1 aromatic heterocycles. The Hall–Kier alpha value is -3.48. The van der Waals surface area contributed by atoms with Crippen LogP contribution in [0.25, 0.3) is 5.69 Å². The zero-order valence-electron chi connectivity index (χ0n) is 16.3. The van der Waals surface area contributed by atoms with Crippen molar-refractivity contribution in [3.05, 3.63) is 81.7 Å². The molecule has 0 N–H and O–H groups in total. The molecular formula is C21H22N4O3. The van der Waals surface area contributed by atoms with Crippen molar-refractivity contribution in [1.29, 1.82) is 0 Å². The van der Waals surface area contributed by atoms with Crippen molar-refractivity contribution in [2.24, 2.45) is 0 Å². The minimum Gasteiger partial charge on any atom is -0.304 e. The second kappa shape index (κ2) is 7.64. The number of carbonyl (C=O) groups is 1. The molecule has 0 aliphatic rings. The molecular weight excluding hydrogens is 356 g/mol. The Balaban J connectivity index is 1.93. The maximum Gasteiger partial charge on any atom is 0.279 e. The molecule has 0 saturated heterocycles. The number of rotatable bonds is 5. The van der Waals surface area contributed by atoms with Gasteiger partial charge in [0.2, 0.25) is 0 Å². The van der Waals surface area contributed by atoms with Gasteiger partial charge in [0.05, 0.1) is 10.6 Å². The van der Waals surface area contributed by atoms with Gasteiger partial charge in [-0.25, -0.2) is 4.68 Å². The highest BCUT2D eigenvalue weighted by molar-refractivity contribution is 6.05. The zero-order valence-corrected chi connectivity index (χ0v) is 16.3. The van der Waals surface area contributed by atoms with Crippen LogP contribution in [0.3, 0.4) is 0 Å². The molecule has 3 aromatic rings. The largest absolute Gasteiger partial charge is 0.304 e. The Kier molecular flexibility index (Phi) is 5.26. The average molecular weight is 378 g/mol. The lowest BCUT2D eigenvalue weighted by Crippen LogP contribution is -2.38. The van der Waals surface area contributed by atoms with Gasteiger partial charge in [0.25, 0.3) is 11.6 Å². The molecule has 0 aliphatic heterocycles. The van der Waals surface area contributed by atoms with Gasteiger partial charge in [-0.3, -0.25) is 14.9 Å². The molecule has 1 heterocycles. The van der Waals surface area contributed by atoms with Gasteiger partial charge in [-0.15, -0.1) is 0 Å². The zero-order chi connectivity index (χ0) is 20.4. The topological polar surface area (TPSA) is 81.3 Å². The Bertz CT molecular complexity index is 1020. The first-order valence-electron chi connectivity index (χ1n) is 8.99. The van der Waals surface area contributed by atoms with Crippen LogP contribution in [0.1, 0.15) is 35.5 Å². The van der Waals surface area contributed by atoms with Crippen LogP contribution in [0.4, 0.5) is 11.4 Å². The molecule has 0 atom stereocenters. The summed E-state index contributed by atoms with van der Waals surface area (Å²) in [6.45, 7) is 7.90. The van der Waals surface area contributed by atoms with Crippen LogP contribution in [0, 0.1) is 24.0 Å². The summed E-state index contributed by atoms with van der Waals surface area (Å²) in [5.74, 6) is -0.190. The predicted molar refractivity (Wildman–Crippen MR) is 108 cm³/mol. The van der Waals surface area contributed by atoms with Crippen molar-refractivity contribution in [2.45, 2.75) is 33.7 Å². The van der Waals surface area contributed by atoms with Crippen LogP contribution >= 0.6 is 0 Å². The molecule has 7 nitrogen and oxygen atoms in total. The lowest BCUT2D eigenvalue weighted by atomic mass is 10.1. The molecule has 7 heteroatoms. The number of carbonyl (C=O) groups excluding carboxylic acids is 1. The molecule has 1 amide bonds. The second-order valence-corrected chi connectivity index (χ2v) is 6.98. The Morgan fingerprint density at radius 1 is 1.11 bits per heavy atom. The van der Waals surface area contributed by atoms with Gasteiger partial charge in [0.1, 0.15) is 0 Å². The molecule has 0 unspecified atom stereocenters. The van der Waals surface area contributed by atoms with E-state index in [1.807, 2.05) is 45.9 Å². The van der Waals surface area contributed by atoms with Crippen molar-refractivity contribution in [3.8, 4) is 5.69 Å². The predicted octanol–water partition coefficient (Wildman–Crippen LogP) is 4.45. The minimum atomic E-state index is -0.452. The van der Waals surface area contributed by atoms with Crippen molar-refractivity contribution >= 4 is 17.3 Å². The number of nitrogens with zero attached hydrogens (tertiary/aromatic N) is 4. The van der Waals surface area contributed by atoms with Crippen molar-refractivity contribution < 1.29 is 9.72 Å². The summed E-state index contributed by atoms with van der Waals surface area (Å²) in [6, 6.07) is 13.7. The van der Waals surface area contributed by atoms with Gasteiger partial charge < -0.3 is 4.90 Å². The van der Waals surface area contributed by atoms with E-state index in [4.69, 9.17) is 0 Å². The monoisotopic (exact) mass is 378 g/mol. The summed E-state index contributed by atoms with van der Waals surface area (Å²) >= 11 is 0. The Morgan fingerprint density at radius 2 is 1.79 bits per heavy atom. The van der Waals surface area contributed by atoms with E-state index < -0.39 is 4.92 Å². The van der Waals surface area contributed by atoms with Crippen LogP contribution in [0.2, 0.25) is 0 Å². The molecule has 0 aliphatic carbocycles. The number of anilines is 1. The number of hydrogen-bond donors (Lipinski definition) is 0. The van der Waals surface area contributed by atoms with Gasteiger partial charge in [-0.1, -0.05) is 12.1 Å².